The first kappa shape index (κ1) is 27.8. The van der Waals surface area contributed by atoms with Crippen LogP contribution in [0, 0.1) is 0 Å². The van der Waals surface area contributed by atoms with Crippen LogP contribution in [-0.4, -0.2) is 41.7 Å². The summed E-state index contributed by atoms with van der Waals surface area (Å²) in [7, 11) is 0. The highest BCUT2D eigenvalue weighted by Crippen LogP contribution is 2.41. The molecule has 1 aliphatic rings. The molecule has 0 bridgehead atoms. The average molecular weight is 559 g/mol. The van der Waals surface area contributed by atoms with E-state index in [9.17, 15) is 4.79 Å². The number of aromatic nitrogens is 1. The third-order valence-electron chi connectivity index (χ3n) is 8.20. The van der Waals surface area contributed by atoms with Crippen LogP contribution in [0.3, 0.4) is 0 Å². The summed E-state index contributed by atoms with van der Waals surface area (Å²) in [6.45, 7) is 6.60. The van der Waals surface area contributed by atoms with E-state index in [1.165, 1.54) is 12.8 Å². The molecule has 0 radical (unpaired) electrons. The first-order chi connectivity index (χ1) is 20.7. The molecule has 4 aromatic carbocycles. The number of likely N-dealkylation sites (tertiary alicyclic amines) is 1. The number of rotatable bonds is 11. The lowest BCUT2D eigenvalue weighted by atomic mass is 9.83. The molecule has 0 amide bonds. The molecule has 0 aliphatic carbocycles. The number of nitrogens with zero attached hydrogens (tertiary/aromatic N) is 2. The number of fused-ring (bicyclic) bond motifs is 1. The van der Waals surface area contributed by atoms with Crippen molar-refractivity contribution in [3.63, 3.8) is 0 Å². The van der Waals surface area contributed by atoms with E-state index in [1.807, 2.05) is 43.3 Å². The SMILES string of the molecule is CCOC(=O)c1c(C(c2ccccc2)c2ccc(OCc3ccccc3)cc2)c2ccccc2n1CCN1CCCC1. The van der Waals surface area contributed by atoms with Crippen LogP contribution in [0.1, 0.15) is 58.4 Å². The Bertz CT molecular complexity index is 1600. The van der Waals surface area contributed by atoms with Crippen molar-refractivity contribution in [2.75, 3.05) is 26.2 Å². The first-order valence-corrected chi connectivity index (χ1v) is 15.0. The molecule has 1 aromatic heterocycles. The molecule has 0 saturated carbocycles. The van der Waals surface area contributed by atoms with E-state index in [1.54, 1.807) is 0 Å². The fraction of sp³-hybridized carbons (Fsp3) is 0.270. The van der Waals surface area contributed by atoms with E-state index >= 15 is 0 Å². The van der Waals surface area contributed by atoms with Gasteiger partial charge in [0.25, 0.3) is 0 Å². The minimum Gasteiger partial charge on any atom is -0.489 e. The summed E-state index contributed by atoms with van der Waals surface area (Å²) >= 11 is 0. The number of hydrogen-bond donors (Lipinski definition) is 0. The molecule has 5 nitrogen and oxygen atoms in total. The minimum absolute atomic E-state index is 0.160. The number of carbonyl (C=O) groups is 1. The quantitative estimate of drug-likeness (QED) is 0.156. The van der Waals surface area contributed by atoms with Crippen LogP contribution in [0.15, 0.2) is 109 Å². The van der Waals surface area contributed by atoms with E-state index in [-0.39, 0.29) is 11.9 Å². The van der Waals surface area contributed by atoms with Crippen LogP contribution in [0.2, 0.25) is 0 Å². The number of benzene rings is 4. The first-order valence-electron chi connectivity index (χ1n) is 15.0. The Balaban J connectivity index is 1.44. The molecule has 214 valence electrons. The summed E-state index contributed by atoms with van der Waals surface area (Å²) < 4.78 is 14.0. The summed E-state index contributed by atoms with van der Waals surface area (Å²) in [5.41, 5.74) is 6.07. The highest BCUT2D eigenvalue weighted by molar-refractivity contribution is 6.00. The molecule has 1 fully saturated rings. The Morgan fingerprint density at radius 1 is 0.762 bits per heavy atom. The Labute approximate surface area is 248 Å². The standard InChI is InChI=1S/C37H38N2O3/c1-2-41-37(40)36-35(32-17-9-10-18-33(32)39(36)26-25-38-23-11-12-24-38)34(29-15-7-4-8-16-29)30-19-21-31(22-20-30)42-27-28-13-5-3-6-14-28/h3-10,13-22,34H,2,11-12,23-27H2,1H3. The second-order valence-electron chi connectivity index (χ2n) is 10.9. The van der Waals surface area contributed by atoms with Crippen molar-refractivity contribution < 1.29 is 14.3 Å². The maximum absolute atomic E-state index is 13.8. The molecule has 1 aliphatic heterocycles. The van der Waals surface area contributed by atoms with Crippen molar-refractivity contribution in [1.82, 2.24) is 9.47 Å². The zero-order chi connectivity index (χ0) is 28.7. The Kier molecular flexibility index (Phi) is 8.67. The molecule has 5 heteroatoms. The van der Waals surface area contributed by atoms with Crippen LogP contribution in [0.4, 0.5) is 0 Å². The van der Waals surface area contributed by atoms with Gasteiger partial charge in [-0.15, -0.1) is 0 Å². The zero-order valence-electron chi connectivity index (χ0n) is 24.2. The summed E-state index contributed by atoms with van der Waals surface area (Å²) in [6, 6.07) is 37.4. The minimum atomic E-state index is -0.270. The van der Waals surface area contributed by atoms with Gasteiger partial charge in [0.1, 0.15) is 18.1 Å². The van der Waals surface area contributed by atoms with Crippen LogP contribution >= 0.6 is 0 Å². The van der Waals surface area contributed by atoms with E-state index < -0.39 is 0 Å². The van der Waals surface area contributed by atoms with Gasteiger partial charge in [-0.05, 0) is 67.7 Å². The third-order valence-corrected chi connectivity index (χ3v) is 8.20. The van der Waals surface area contributed by atoms with Crippen molar-refractivity contribution >= 4 is 16.9 Å². The van der Waals surface area contributed by atoms with Gasteiger partial charge in [-0.3, -0.25) is 0 Å². The highest BCUT2D eigenvalue weighted by atomic mass is 16.5. The van der Waals surface area contributed by atoms with E-state index in [4.69, 9.17) is 9.47 Å². The second-order valence-corrected chi connectivity index (χ2v) is 10.9. The molecule has 42 heavy (non-hydrogen) atoms. The Morgan fingerprint density at radius 2 is 1.40 bits per heavy atom. The largest absolute Gasteiger partial charge is 0.489 e. The lowest BCUT2D eigenvalue weighted by molar-refractivity contribution is 0.0512. The van der Waals surface area contributed by atoms with E-state index in [0.717, 1.165) is 65.1 Å². The normalized spacial score (nSPS) is 14.2. The molecule has 6 rings (SSSR count). The van der Waals surface area contributed by atoms with Crippen LogP contribution in [0.5, 0.6) is 5.75 Å². The fourth-order valence-corrected chi connectivity index (χ4v) is 6.19. The fourth-order valence-electron chi connectivity index (χ4n) is 6.19. The van der Waals surface area contributed by atoms with Crippen LogP contribution in [0.25, 0.3) is 10.9 Å². The summed E-state index contributed by atoms with van der Waals surface area (Å²) in [4.78, 5) is 16.3. The number of hydrogen-bond acceptors (Lipinski definition) is 4. The maximum Gasteiger partial charge on any atom is 0.355 e. The number of esters is 1. The predicted octanol–water partition coefficient (Wildman–Crippen LogP) is 7.67. The van der Waals surface area contributed by atoms with E-state index in [2.05, 4.69) is 82.3 Å². The van der Waals surface area contributed by atoms with Gasteiger partial charge in [-0.25, -0.2) is 4.79 Å². The molecule has 1 unspecified atom stereocenters. The van der Waals surface area contributed by atoms with Crippen molar-refractivity contribution in [1.29, 1.82) is 0 Å². The Hall–Kier alpha value is -4.35. The Morgan fingerprint density at radius 3 is 2.12 bits per heavy atom. The summed E-state index contributed by atoms with van der Waals surface area (Å²) in [6.07, 6.45) is 2.48. The van der Waals surface area contributed by atoms with Crippen LogP contribution in [-0.2, 0) is 17.9 Å². The molecule has 0 spiro atoms. The maximum atomic E-state index is 13.8. The number of carbonyl (C=O) groups excluding carboxylic acids is 1. The topological polar surface area (TPSA) is 43.7 Å². The molecule has 1 atom stereocenters. The molecule has 0 N–H and O–H groups in total. The van der Waals surface area contributed by atoms with Gasteiger partial charge in [0.15, 0.2) is 0 Å². The highest BCUT2D eigenvalue weighted by Gasteiger charge is 2.31. The lowest BCUT2D eigenvalue weighted by Gasteiger charge is -2.21. The molecular weight excluding hydrogens is 520 g/mol. The van der Waals surface area contributed by atoms with Crippen molar-refractivity contribution in [2.45, 2.75) is 38.8 Å². The van der Waals surface area contributed by atoms with Crippen LogP contribution < -0.4 is 4.74 Å². The molecule has 2 heterocycles. The van der Waals surface area contributed by atoms with Gasteiger partial charge in [0.05, 0.1) is 6.61 Å². The summed E-state index contributed by atoms with van der Waals surface area (Å²) in [5, 5.41) is 1.08. The van der Waals surface area contributed by atoms with Gasteiger partial charge in [-0.2, -0.15) is 0 Å². The average Bonchev–Trinajstić information content (AvgIpc) is 3.67. The van der Waals surface area contributed by atoms with Gasteiger partial charge in [-0.1, -0.05) is 91.0 Å². The summed E-state index contributed by atoms with van der Waals surface area (Å²) in [5.74, 6) is 0.383. The molecular formula is C37H38N2O3. The zero-order valence-corrected chi connectivity index (χ0v) is 24.2. The van der Waals surface area contributed by atoms with Gasteiger partial charge in [0.2, 0.25) is 0 Å². The monoisotopic (exact) mass is 558 g/mol. The third kappa shape index (κ3) is 5.97. The molecule has 5 aromatic rings. The number of para-hydroxylation sites is 1. The smallest absolute Gasteiger partial charge is 0.355 e. The lowest BCUT2D eigenvalue weighted by Crippen LogP contribution is -2.26. The van der Waals surface area contributed by atoms with Gasteiger partial charge in [0, 0.05) is 35.5 Å². The van der Waals surface area contributed by atoms with E-state index in [0.29, 0.717) is 18.9 Å². The van der Waals surface area contributed by atoms with Crippen molar-refractivity contribution in [3.8, 4) is 5.75 Å². The van der Waals surface area contributed by atoms with Crippen molar-refractivity contribution in [3.05, 3.63) is 137 Å². The van der Waals surface area contributed by atoms with Crippen molar-refractivity contribution in [2.24, 2.45) is 0 Å². The number of ether oxygens (including phenoxy) is 2. The molecule has 1 saturated heterocycles. The van der Waals surface area contributed by atoms with Gasteiger partial charge < -0.3 is 18.9 Å². The second kappa shape index (κ2) is 13.1. The van der Waals surface area contributed by atoms with Gasteiger partial charge >= 0.3 is 5.97 Å². The predicted molar refractivity (Wildman–Crippen MR) is 168 cm³/mol.